The summed E-state index contributed by atoms with van der Waals surface area (Å²) in [6, 6.07) is 4.04. The predicted molar refractivity (Wildman–Crippen MR) is 62.9 cm³/mol. The van der Waals surface area contributed by atoms with Gasteiger partial charge in [-0.05, 0) is 35.0 Å². The predicted octanol–water partition coefficient (Wildman–Crippen LogP) is 2.05. The fraction of sp³-hybridized carbons (Fsp3) is 0.400. The fourth-order valence-electron chi connectivity index (χ4n) is 1.42. The Morgan fingerprint density at radius 2 is 2.44 bits per heavy atom. The lowest BCUT2D eigenvalue weighted by atomic mass is 10.2. The Morgan fingerprint density at radius 1 is 1.56 bits per heavy atom. The fourth-order valence-corrected chi connectivity index (χ4v) is 1.74. The van der Waals surface area contributed by atoms with E-state index in [0.29, 0.717) is 0 Å². The van der Waals surface area contributed by atoms with Gasteiger partial charge >= 0.3 is 0 Å². The van der Waals surface area contributed by atoms with E-state index in [1.807, 2.05) is 12.1 Å². The van der Waals surface area contributed by atoms with Gasteiger partial charge < -0.3 is 9.73 Å². The zero-order valence-corrected chi connectivity index (χ0v) is 10.5. The van der Waals surface area contributed by atoms with Gasteiger partial charge in [-0.2, -0.15) is 5.10 Å². The molecule has 2 aromatic rings. The smallest absolute Gasteiger partial charge is 0.169 e. The second-order valence-corrected chi connectivity index (χ2v) is 4.28. The number of H-pyrrole nitrogens is 1. The van der Waals surface area contributed by atoms with Gasteiger partial charge in [-0.15, -0.1) is 0 Å². The van der Waals surface area contributed by atoms with Crippen molar-refractivity contribution in [2.75, 3.05) is 6.54 Å². The first kappa shape index (κ1) is 11.3. The van der Waals surface area contributed by atoms with Gasteiger partial charge in [-0.3, -0.25) is 5.10 Å². The summed E-state index contributed by atoms with van der Waals surface area (Å²) in [4.78, 5) is 4.05. The summed E-state index contributed by atoms with van der Waals surface area (Å²) in [5.41, 5.74) is 0. The third kappa shape index (κ3) is 2.93. The molecule has 0 saturated heterocycles. The summed E-state index contributed by atoms with van der Waals surface area (Å²) >= 11 is 3.28. The third-order valence-corrected chi connectivity index (χ3v) is 2.72. The summed E-state index contributed by atoms with van der Waals surface area (Å²) in [5, 5.41) is 9.96. The Balaban J connectivity index is 1.78. The van der Waals surface area contributed by atoms with E-state index in [2.05, 4.69) is 43.4 Å². The Kier molecular flexibility index (Phi) is 3.74. The molecule has 0 aliphatic rings. The molecule has 2 rings (SSSR count). The molecule has 0 radical (unpaired) electrons. The van der Waals surface area contributed by atoms with Crippen LogP contribution in [-0.4, -0.2) is 21.7 Å². The van der Waals surface area contributed by atoms with Crippen LogP contribution >= 0.6 is 15.9 Å². The van der Waals surface area contributed by atoms with Crippen molar-refractivity contribution in [3.63, 3.8) is 0 Å². The van der Waals surface area contributed by atoms with Crippen LogP contribution in [0, 0.1) is 0 Å². The number of hydrogen-bond donors (Lipinski definition) is 2. The van der Waals surface area contributed by atoms with Crippen molar-refractivity contribution in [1.82, 2.24) is 20.5 Å². The minimum Gasteiger partial charge on any atom is -0.453 e. The minimum absolute atomic E-state index is 0.189. The molecule has 0 fully saturated rings. The van der Waals surface area contributed by atoms with Crippen molar-refractivity contribution in [2.45, 2.75) is 19.4 Å². The quantitative estimate of drug-likeness (QED) is 0.882. The number of nitrogens with zero attached hydrogens (tertiary/aromatic N) is 2. The summed E-state index contributed by atoms with van der Waals surface area (Å²) < 4.78 is 6.21. The topological polar surface area (TPSA) is 66.7 Å². The Labute approximate surface area is 102 Å². The number of halogens is 1. The zero-order chi connectivity index (χ0) is 11.4. The SMILES string of the molecule is CC(NCCc1ncn[nH]1)c1ccc(Br)o1. The van der Waals surface area contributed by atoms with Gasteiger partial charge in [-0.25, -0.2) is 4.98 Å². The molecule has 1 atom stereocenters. The first-order valence-corrected chi connectivity index (χ1v) is 5.88. The molecule has 6 heteroatoms. The van der Waals surface area contributed by atoms with Crippen LogP contribution in [0.25, 0.3) is 0 Å². The van der Waals surface area contributed by atoms with Gasteiger partial charge in [0.2, 0.25) is 0 Å². The molecule has 0 aliphatic heterocycles. The van der Waals surface area contributed by atoms with Crippen LogP contribution in [0.4, 0.5) is 0 Å². The number of aromatic nitrogens is 3. The zero-order valence-electron chi connectivity index (χ0n) is 8.90. The van der Waals surface area contributed by atoms with Crippen LogP contribution in [0.3, 0.4) is 0 Å². The number of nitrogens with one attached hydrogen (secondary N) is 2. The molecule has 0 aromatic carbocycles. The Morgan fingerprint density at radius 3 is 3.06 bits per heavy atom. The highest BCUT2D eigenvalue weighted by atomic mass is 79.9. The van der Waals surface area contributed by atoms with Crippen molar-refractivity contribution in [2.24, 2.45) is 0 Å². The standard InChI is InChI=1S/C10H13BrN4O/c1-7(8-2-3-9(11)16-8)12-5-4-10-13-6-14-15-10/h2-3,6-7,12H,4-5H2,1H3,(H,13,14,15). The van der Waals surface area contributed by atoms with Gasteiger partial charge in [0.1, 0.15) is 17.9 Å². The average molecular weight is 285 g/mol. The molecule has 86 valence electrons. The van der Waals surface area contributed by atoms with E-state index in [1.165, 1.54) is 6.33 Å². The van der Waals surface area contributed by atoms with Crippen LogP contribution < -0.4 is 5.32 Å². The van der Waals surface area contributed by atoms with Crippen LogP contribution in [-0.2, 0) is 6.42 Å². The van der Waals surface area contributed by atoms with Crippen molar-refractivity contribution in [1.29, 1.82) is 0 Å². The van der Waals surface area contributed by atoms with Crippen LogP contribution in [0.5, 0.6) is 0 Å². The van der Waals surface area contributed by atoms with Crippen LogP contribution in [0.2, 0.25) is 0 Å². The molecule has 16 heavy (non-hydrogen) atoms. The largest absolute Gasteiger partial charge is 0.453 e. The van der Waals surface area contributed by atoms with E-state index in [1.54, 1.807) is 0 Å². The van der Waals surface area contributed by atoms with Gasteiger partial charge in [0.25, 0.3) is 0 Å². The van der Waals surface area contributed by atoms with E-state index < -0.39 is 0 Å². The minimum atomic E-state index is 0.189. The molecule has 1 unspecified atom stereocenters. The lowest BCUT2D eigenvalue weighted by Crippen LogP contribution is -2.21. The highest BCUT2D eigenvalue weighted by Crippen LogP contribution is 2.19. The van der Waals surface area contributed by atoms with E-state index >= 15 is 0 Å². The van der Waals surface area contributed by atoms with Gasteiger partial charge in [0.05, 0.1) is 6.04 Å². The second-order valence-electron chi connectivity index (χ2n) is 3.50. The summed E-state index contributed by atoms with van der Waals surface area (Å²) in [6.45, 7) is 2.89. The average Bonchev–Trinajstić information content (AvgIpc) is 2.89. The molecule has 2 heterocycles. The molecule has 2 N–H and O–H groups in total. The lowest BCUT2D eigenvalue weighted by Gasteiger charge is -2.09. The van der Waals surface area contributed by atoms with E-state index in [-0.39, 0.29) is 6.04 Å². The normalized spacial score (nSPS) is 12.9. The number of aromatic amines is 1. The van der Waals surface area contributed by atoms with E-state index in [0.717, 1.165) is 29.2 Å². The summed E-state index contributed by atoms with van der Waals surface area (Å²) in [5.74, 6) is 1.81. The van der Waals surface area contributed by atoms with Crippen molar-refractivity contribution < 1.29 is 4.42 Å². The van der Waals surface area contributed by atoms with Gasteiger partial charge in [0.15, 0.2) is 4.67 Å². The van der Waals surface area contributed by atoms with Crippen molar-refractivity contribution >= 4 is 15.9 Å². The highest BCUT2D eigenvalue weighted by molar-refractivity contribution is 9.10. The molecule has 0 saturated carbocycles. The van der Waals surface area contributed by atoms with E-state index in [9.17, 15) is 0 Å². The summed E-state index contributed by atoms with van der Waals surface area (Å²) in [6.07, 6.45) is 2.34. The molecule has 5 nitrogen and oxygen atoms in total. The molecule has 0 spiro atoms. The maximum Gasteiger partial charge on any atom is 0.169 e. The number of furan rings is 1. The molecular formula is C10H13BrN4O. The number of hydrogen-bond acceptors (Lipinski definition) is 4. The van der Waals surface area contributed by atoms with Crippen LogP contribution in [0.15, 0.2) is 27.5 Å². The summed E-state index contributed by atoms with van der Waals surface area (Å²) in [7, 11) is 0. The molecule has 0 aliphatic carbocycles. The van der Waals surface area contributed by atoms with Crippen molar-refractivity contribution in [3.05, 3.63) is 34.7 Å². The Bertz CT molecular complexity index is 426. The Hall–Kier alpha value is -1.14. The van der Waals surface area contributed by atoms with E-state index in [4.69, 9.17) is 4.42 Å². The molecule has 0 amide bonds. The third-order valence-electron chi connectivity index (χ3n) is 2.30. The molecule has 0 bridgehead atoms. The van der Waals surface area contributed by atoms with Gasteiger partial charge in [-0.1, -0.05) is 0 Å². The second kappa shape index (κ2) is 5.27. The maximum atomic E-state index is 5.45. The highest BCUT2D eigenvalue weighted by Gasteiger charge is 2.08. The monoisotopic (exact) mass is 284 g/mol. The van der Waals surface area contributed by atoms with Crippen molar-refractivity contribution in [3.8, 4) is 0 Å². The lowest BCUT2D eigenvalue weighted by molar-refractivity contribution is 0.419. The molecule has 2 aromatic heterocycles. The number of rotatable bonds is 5. The maximum absolute atomic E-state index is 5.45. The first-order chi connectivity index (χ1) is 7.75. The van der Waals surface area contributed by atoms with Gasteiger partial charge in [0, 0.05) is 13.0 Å². The van der Waals surface area contributed by atoms with Crippen LogP contribution in [0.1, 0.15) is 24.6 Å². The molecular weight excluding hydrogens is 272 g/mol. The first-order valence-electron chi connectivity index (χ1n) is 5.08.